The lowest BCUT2D eigenvalue weighted by molar-refractivity contribution is 0.168. The number of anilines is 2. The second-order valence-electron chi connectivity index (χ2n) is 5.14. The fraction of sp³-hybridized carbons (Fsp3) is 0.533. The van der Waals surface area contributed by atoms with Crippen molar-refractivity contribution < 1.29 is 9.53 Å². The third kappa shape index (κ3) is 4.42. The van der Waals surface area contributed by atoms with Gasteiger partial charge in [-0.1, -0.05) is 0 Å². The molecule has 5 heteroatoms. The van der Waals surface area contributed by atoms with Gasteiger partial charge in [0.05, 0.1) is 6.61 Å². The van der Waals surface area contributed by atoms with Crippen LogP contribution in [0.1, 0.15) is 19.8 Å². The van der Waals surface area contributed by atoms with Crippen molar-refractivity contribution in [1.82, 2.24) is 4.90 Å². The van der Waals surface area contributed by atoms with E-state index >= 15 is 0 Å². The van der Waals surface area contributed by atoms with Crippen molar-refractivity contribution in [1.29, 1.82) is 0 Å². The van der Waals surface area contributed by atoms with E-state index in [4.69, 9.17) is 4.74 Å². The van der Waals surface area contributed by atoms with Crippen LogP contribution in [-0.2, 0) is 4.74 Å². The highest BCUT2D eigenvalue weighted by Gasteiger charge is 2.16. The van der Waals surface area contributed by atoms with Crippen LogP contribution in [0.15, 0.2) is 24.3 Å². The average Bonchev–Trinajstić information content (AvgIpc) is 2.44. The van der Waals surface area contributed by atoms with E-state index in [1.165, 1.54) is 12.8 Å². The van der Waals surface area contributed by atoms with Gasteiger partial charge in [0, 0.05) is 17.4 Å². The number of piperidine rings is 1. The largest absolute Gasteiger partial charge is 0.450 e. The SMILES string of the molecule is CCOC(=O)Nc1ccc(NC2CCN(C)CC2)cc1. The molecule has 0 unspecified atom stereocenters. The van der Waals surface area contributed by atoms with Crippen LogP contribution in [0.25, 0.3) is 0 Å². The van der Waals surface area contributed by atoms with Gasteiger partial charge in [0.2, 0.25) is 0 Å². The zero-order valence-electron chi connectivity index (χ0n) is 12.2. The van der Waals surface area contributed by atoms with Gasteiger partial charge in [-0.2, -0.15) is 0 Å². The molecule has 1 saturated heterocycles. The van der Waals surface area contributed by atoms with Crippen LogP contribution < -0.4 is 10.6 Å². The molecule has 0 radical (unpaired) electrons. The fourth-order valence-corrected chi connectivity index (χ4v) is 2.32. The maximum Gasteiger partial charge on any atom is 0.411 e. The highest BCUT2D eigenvalue weighted by atomic mass is 16.5. The molecule has 0 saturated carbocycles. The van der Waals surface area contributed by atoms with Gasteiger partial charge in [-0.15, -0.1) is 0 Å². The summed E-state index contributed by atoms with van der Waals surface area (Å²) < 4.78 is 4.84. The number of rotatable bonds is 4. The minimum Gasteiger partial charge on any atom is -0.450 e. The maximum absolute atomic E-state index is 11.3. The van der Waals surface area contributed by atoms with Crippen LogP contribution in [-0.4, -0.2) is 43.8 Å². The Balaban J connectivity index is 1.83. The topological polar surface area (TPSA) is 53.6 Å². The molecule has 0 aliphatic carbocycles. The second-order valence-corrected chi connectivity index (χ2v) is 5.14. The molecule has 1 aromatic carbocycles. The summed E-state index contributed by atoms with van der Waals surface area (Å²) in [6.45, 7) is 4.44. The molecule has 1 heterocycles. The molecule has 1 fully saturated rings. The minimum atomic E-state index is -0.413. The van der Waals surface area contributed by atoms with Gasteiger partial charge in [-0.05, 0) is 64.2 Å². The van der Waals surface area contributed by atoms with E-state index < -0.39 is 6.09 Å². The van der Waals surface area contributed by atoms with Crippen molar-refractivity contribution in [2.75, 3.05) is 37.4 Å². The Hall–Kier alpha value is -1.75. The maximum atomic E-state index is 11.3. The van der Waals surface area contributed by atoms with E-state index in [1.807, 2.05) is 24.3 Å². The molecule has 1 aliphatic rings. The van der Waals surface area contributed by atoms with Crippen molar-refractivity contribution in [2.45, 2.75) is 25.8 Å². The summed E-state index contributed by atoms with van der Waals surface area (Å²) in [5.74, 6) is 0. The van der Waals surface area contributed by atoms with Crippen molar-refractivity contribution in [3.05, 3.63) is 24.3 Å². The van der Waals surface area contributed by atoms with Crippen LogP contribution >= 0.6 is 0 Å². The monoisotopic (exact) mass is 277 g/mol. The van der Waals surface area contributed by atoms with Crippen molar-refractivity contribution >= 4 is 17.5 Å². The normalized spacial score (nSPS) is 16.7. The minimum absolute atomic E-state index is 0.377. The first-order valence-corrected chi connectivity index (χ1v) is 7.16. The summed E-state index contributed by atoms with van der Waals surface area (Å²) in [7, 11) is 2.16. The van der Waals surface area contributed by atoms with Gasteiger partial charge >= 0.3 is 6.09 Å². The Morgan fingerprint density at radius 1 is 1.25 bits per heavy atom. The number of benzene rings is 1. The highest BCUT2D eigenvalue weighted by molar-refractivity contribution is 5.84. The molecular weight excluding hydrogens is 254 g/mol. The van der Waals surface area contributed by atoms with Crippen molar-refractivity contribution in [3.8, 4) is 0 Å². The quantitative estimate of drug-likeness (QED) is 0.888. The first-order chi connectivity index (χ1) is 9.67. The summed E-state index contributed by atoms with van der Waals surface area (Å²) >= 11 is 0. The predicted octanol–water partition coefficient (Wildman–Crippen LogP) is 2.76. The van der Waals surface area contributed by atoms with E-state index in [1.54, 1.807) is 6.92 Å². The molecule has 2 rings (SSSR count). The van der Waals surface area contributed by atoms with E-state index in [0.717, 1.165) is 24.5 Å². The number of hydrogen-bond acceptors (Lipinski definition) is 4. The Labute approximate surface area is 120 Å². The Kier molecular flexibility index (Phi) is 5.24. The van der Waals surface area contributed by atoms with Gasteiger partial charge < -0.3 is 15.0 Å². The number of hydrogen-bond donors (Lipinski definition) is 2. The fourth-order valence-electron chi connectivity index (χ4n) is 2.32. The number of nitrogens with one attached hydrogen (secondary N) is 2. The molecule has 2 N–H and O–H groups in total. The number of ether oxygens (including phenoxy) is 1. The molecule has 0 aromatic heterocycles. The van der Waals surface area contributed by atoms with Crippen LogP contribution in [0.2, 0.25) is 0 Å². The van der Waals surface area contributed by atoms with Crippen LogP contribution in [0.3, 0.4) is 0 Å². The van der Waals surface area contributed by atoms with Gasteiger partial charge in [0.1, 0.15) is 0 Å². The summed E-state index contributed by atoms with van der Waals surface area (Å²) in [6.07, 6.45) is 1.92. The number of amides is 1. The second kappa shape index (κ2) is 7.14. The van der Waals surface area contributed by atoms with Gasteiger partial charge in [0.25, 0.3) is 0 Å². The lowest BCUT2D eigenvalue weighted by Crippen LogP contribution is -2.36. The standard InChI is InChI=1S/C15H23N3O2/c1-3-20-15(19)17-13-6-4-12(5-7-13)16-14-8-10-18(2)11-9-14/h4-7,14,16H,3,8-11H2,1-2H3,(H,17,19). The summed E-state index contributed by atoms with van der Waals surface area (Å²) in [5, 5.41) is 6.22. The highest BCUT2D eigenvalue weighted by Crippen LogP contribution is 2.18. The van der Waals surface area contributed by atoms with Crippen LogP contribution in [0.5, 0.6) is 0 Å². The average molecular weight is 277 g/mol. The first kappa shape index (κ1) is 14.7. The van der Waals surface area contributed by atoms with Gasteiger partial charge in [-0.25, -0.2) is 4.79 Å². The molecule has 20 heavy (non-hydrogen) atoms. The molecule has 0 spiro atoms. The number of carbonyl (C=O) groups excluding carboxylic acids is 1. The van der Waals surface area contributed by atoms with E-state index in [-0.39, 0.29) is 0 Å². The Morgan fingerprint density at radius 2 is 1.85 bits per heavy atom. The molecule has 1 amide bonds. The predicted molar refractivity (Wildman–Crippen MR) is 81.2 cm³/mol. The van der Waals surface area contributed by atoms with E-state index in [2.05, 4.69) is 22.6 Å². The first-order valence-electron chi connectivity index (χ1n) is 7.16. The summed E-state index contributed by atoms with van der Waals surface area (Å²) in [6, 6.07) is 8.28. The molecule has 5 nitrogen and oxygen atoms in total. The Morgan fingerprint density at radius 3 is 2.45 bits per heavy atom. The number of likely N-dealkylation sites (tertiary alicyclic amines) is 1. The Bertz CT molecular complexity index is 425. The molecule has 1 aliphatic heterocycles. The zero-order chi connectivity index (χ0) is 14.4. The number of carbonyl (C=O) groups is 1. The summed E-state index contributed by atoms with van der Waals surface area (Å²) in [5.41, 5.74) is 1.84. The molecule has 0 bridgehead atoms. The molecule has 1 aromatic rings. The lowest BCUT2D eigenvalue weighted by atomic mass is 10.1. The van der Waals surface area contributed by atoms with Crippen molar-refractivity contribution in [3.63, 3.8) is 0 Å². The summed E-state index contributed by atoms with van der Waals surface area (Å²) in [4.78, 5) is 13.6. The van der Waals surface area contributed by atoms with Crippen molar-refractivity contribution in [2.24, 2.45) is 0 Å². The van der Waals surface area contributed by atoms with Crippen LogP contribution in [0.4, 0.5) is 16.2 Å². The third-order valence-electron chi connectivity index (χ3n) is 3.50. The zero-order valence-corrected chi connectivity index (χ0v) is 12.2. The van der Waals surface area contributed by atoms with E-state index in [0.29, 0.717) is 12.6 Å². The third-order valence-corrected chi connectivity index (χ3v) is 3.50. The van der Waals surface area contributed by atoms with Crippen LogP contribution in [0, 0.1) is 0 Å². The molecule has 110 valence electrons. The molecular formula is C15H23N3O2. The van der Waals surface area contributed by atoms with Gasteiger partial charge in [0.15, 0.2) is 0 Å². The van der Waals surface area contributed by atoms with E-state index in [9.17, 15) is 4.79 Å². The lowest BCUT2D eigenvalue weighted by Gasteiger charge is -2.30. The smallest absolute Gasteiger partial charge is 0.411 e. The molecule has 0 atom stereocenters. The number of nitrogens with zero attached hydrogens (tertiary/aromatic N) is 1. The van der Waals surface area contributed by atoms with Gasteiger partial charge in [-0.3, -0.25) is 5.32 Å².